The third-order valence-electron chi connectivity index (χ3n) is 3.54. The minimum absolute atomic E-state index is 0.301. The molecule has 0 amide bonds. The Morgan fingerprint density at radius 1 is 1.10 bits per heavy atom. The van der Waals surface area contributed by atoms with Crippen LogP contribution in [0.25, 0.3) is 0 Å². The van der Waals surface area contributed by atoms with Crippen LogP contribution in [-0.4, -0.2) is 13.1 Å². The topological polar surface area (TPSA) is 29.5 Å². The number of carbonyl (C=O) groups is 1. The van der Waals surface area contributed by atoms with Crippen LogP contribution in [0.5, 0.6) is 0 Å². The molecule has 0 atom stereocenters. The van der Waals surface area contributed by atoms with Crippen LogP contribution >= 0.6 is 15.9 Å². The van der Waals surface area contributed by atoms with E-state index < -0.39 is 0 Å². The molecule has 1 aliphatic rings. The van der Waals surface area contributed by atoms with Gasteiger partial charge in [0, 0.05) is 23.2 Å². The van der Waals surface area contributed by atoms with Crippen molar-refractivity contribution in [2.75, 3.05) is 12.0 Å². The Labute approximate surface area is 126 Å². The van der Waals surface area contributed by atoms with Crippen molar-refractivity contribution in [3.05, 3.63) is 63.6 Å². The first-order valence-corrected chi connectivity index (χ1v) is 7.17. The molecular formula is C16H14BrNO2. The second kappa shape index (κ2) is 5.29. The summed E-state index contributed by atoms with van der Waals surface area (Å²) >= 11 is 3.50. The molecule has 0 radical (unpaired) electrons. The minimum atomic E-state index is -0.301. The number of halogens is 1. The Bertz CT molecular complexity index is 652. The average Bonchev–Trinajstić information content (AvgIpc) is 2.89. The summed E-state index contributed by atoms with van der Waals surface area (Å²) in [5, 5.41) is 0. The molecule has 0 bridgehead atoms. The summed E-state index contributed by atoms with van der Waals surface area (Å²) < 4.78 is 5.82. The maximum absolute atomic E-state index is 11.4. The van der Waals surface area contributed by atoms with Gasteiger partial charge in [-0.25, -0.2) is 4.79 Å². The van der Waals surface area contributed by atoms with E-state index in [-0.39, 0.29) is 5.97 Å². The lowest BCUT2D eigenvalue weighted by molar-refractivity contribution is 0.0601. The molecule has 2 aromatic carbocycles. The molecule has 102 valence electrons. The predicted octanol–water partition coefficient (Wildman–Crippen LogP) is 3.76. The summed E-state index contributed by atoms with van der Waals surface area (Å²) in [4.78, 5) is 13.7. The summed E-state index contributed by atoms with van der Waals surface area (Å²) in [6, 6.07) is 13.9. The number of methoxy groups -OCH3 is 1. The molecule has 0 saturated carbocycles. The lowest BCUT2D eigenvalue weighted by atomic mass is 10.1. The summed E-state index contributed by atoms with van der Waals surface area (Å²) in [5.41, 5.74) is 4.39. The molecule has 3 nitrogen and oxygen atoms in total. The zero-order valence-corrected chi connectivity index (χ0v) is 12.7. The van der Waals surface area contributed by atoms with Crippen molar-refractivity contribution in [1.82, 2.24) is 0 Å². The van der Waals surface area contributed by atoms with Crippen LogP contribution in [-0.2, 0) is 17.8 Å². The lowest BCUT2D eigenvalue weighted by Gasteiger charge is -2.17. The Kier molecular flexibility index (Phi) is 3.49. The summed E-state index contributed by atoms with van der Waals surface area (Å²) in [6.07, 6.45) is 0. The van der Waals surface area contributed by atoms with Gasteiger partial charge in [-0.1, -0.05) is 22.0 Å². The van der Waals surface area contributed by atoms with Crippen molar-refractivity contribution in [2.24, 2.45) is 0 Å². The van der Waals surface area contributed by atoms with Crippen LogP contribution in [0.2, 0.25) is 0 Å². The molecule has 3 rings (SSSR count). The first-order chi connectivity index (χ1) is 9.67. The monoisotopic (exact) mass is 331 g/mol. The Hall–Kier alpha value is -1.81. The van der Waals surface area contributed by atoms with Gasteiger partial charge in [-0.3, -0.25) is 0 Å². The third-order valence-corrected chi connectivity index (χ3v) is 4.04. The summed E-state index contributed by atoms with van der Waals surface area (Å²) in [5.74, 6) is -0.301. The number of hydrogen-bond donors (Lipinski definition) is 0. The highest BCUT2D eigenvalue weighted by atomic mass is 79.9. The van der Waals surface area contributed by atoms with Crippen LogP contribution in [0, 0.1) is 0 Å². The van der Waals surface area contributed by atoms with E-state index in [4.69, 9.17) is 4.74 Å². The number of hydrogen-bond acceptors (Lipinski definition) is 3. The first-order valence-electron chi connectivity index (χ1n) is 6.38. The highest BCUT2D eigenvalue weighted by Gasteiger charge is 2.19. The first kappa shape index (κ1) is 13.2. The molecule has 20 heavy (non-hydrogen) atoms. The molecule has 0 spiro atoms. The number of rotatable bonds is 2. The van der Waals surface area contributed by atoms with Crippen molar-refractivity contribution in [3.63, 3.8) is 0 Å². The smallest absolute Gasteiger partial charge is 0.337 e. The molecule has 0 aliphatic carbocycles. The largest absolute Gasteiger partial charge is 0.465 e. The van der Waals surface area contributed by atoms with Gasteiger partial charge in [0.05, 0.1) is 12.7 Å². The van der Waals surface area contributed by atoms with E-state index in [0.29, 0.717) is 5.56 Å². The van der Waals surface area contributed by atoms with Crippen molar-refractivity contribution in [1.29, 1.82) is 0 Å². The Morgan fingerprint density at radius 3 is 2.50 bits per heavy atom. The van der Waals surface area contributed by atoms with Crippen molar-refractivity contribution in [3.8, 4) is 0 Å². The van der Waals surface area contributed by atoms with Gasteiger partial charge in [-0.15, -0.1) is 0 Å². The predicted molar refractivity (Wildman–Crippen MR) is 81.8 cm³/mol. The molecule has 0 aromatic heterocycles. The van der Waals surface area contributed by atoms with Gasteiger partial charge in [0.15, 0.2) is 0 Å². The Morgan fingerprint density at radius 2 is 1.80 bits per heavy atom. The van der Waals surface area contributed by atoms with Crippen LogP contribution in [0.3, 0.4) is 0 Å². The zero-order chi connectivity index (χ0) is 14.1. The second-order valence-electron chi connectivity index (χ2n) is 4.81. The van der Waals surface area contributed by atoms with E-state index in [1.54, 1.807) is 12.1 Å². The highest BCUT2D eigenvalue weighted by Crippen LogP contribution is 2.30. The number of anilines is 1. The number of ether oxygens (including phenoxy) is 1. The van der Waals surface area contributed by atoms with Crippen molar-refractivity contribution < 1.29 is 9.53 Å². The van der Waals surface area contributed by atoms with Crippen LogP contribution in [0.1, 0.15) is 21.5 Å². The van der Waals surface area contributed by atoms with E-state index >= 15 is 0 Å². The highest BCUT2D eigenvalue weighted by molar-refractivity contribution is 9.10. The molecule has 4 heteroatoms. The number of benzene rings is 2. The molecular weight excluding hydrogens is 318 g/mol. The van der Waals surface area contributed by atoms with E-state index in [2.05, 4.69) is 39.0 Å². The maximum atomic E-state index is 11.4. The molecule has 0 fully saturated rings. The minimum Gasteiger partial charge on any atom is -0.465 e. The van der Waals surface area contributed by atoms with E-state index in [1.165, 1.54) is 18.2 Å². The SMILES string of the molecule is COC(=O)c1ccc(N2Cc3ccc(Br)cc3C2)cc1. The molecule has 0 saturated heterocycles. The van der Waals surface area contributed by atoms with Gasteiger partial charge in [0.25, 0.3) is 0 Å². The quantitative estimate of drug-likeness (QED) is 0.785. The average molecular weight is 332 g/mol. The molecule has 2 aromatic rings. The number of fused-ring (bicyclic) bond motifs is 1. The van der Waals surface area contributed by atoms with Gasteiger partial charge in [-0.05, 0) is 47.5 Å². The third kappa shape index (κ3) is 2.43. The van der Waals surface area contributed by atoms with Crippen molar-refractivity contribution in [2.45, 2.75) is 13.1 Å². The number of carbonyl (C=O) groups excluding carboxylic acids is 1. The normalized spacial score (nSPS) is 13.2. The fraction of sp³-hybridized carbons (Fsp3) is 0.188. The maximum Gasteiger partial charge on any atom is 0.337 e. The van der Waals surface area contributed by atoms with Crippen LogP contribution in [0.4, 0.5) is 5.69 Å². The van der Waals surface area contributed by atoms with E-state index in [1.807, 2.05) is 12.1 Å². The zero-order valence-electron chi connectivity index (χ0n) is 11.1. The van der Waals surface area contributed by atoms with Gasteiger partial charge < -0.3 is 9.64 Å². The molecule has 1 heterocycles. The fourth-order valence-electron chi connectivity index (χ4n) is 2.47. The van der Waals surface area contributed by atoms with Crippen LogP contribution in [0.15, 0.2) is 46.9 Å². The summed E-state index contributed by atoms with van der Waals surface area (Å²) in [7, 11) is 1.39. The number of nitrogens with zero attached hydrogens (tertiary/aromatic N) is 1. The fourth-order valence-corrected chi connectivity index (χ4v) is 2.88. The van der Waals surface area contributed by atoms with E-state index in [0.717, 1.165) is 23.2 Å². The van der Waals surface area contributed by atoms with Gasteiger partial charge >= 0.3 is 5.97 Å². The molecule has 0 unspecified atom stereocenters. The van der Waals surface area contributed by atoms with Crippen molar-refractivity contribution >= 4 is 27.6 Å². The van der Waals surface area contributed by atoms with Gasteiger partial charge in [-0.2, -0.15) is 0 Å². The lowest BCUT2D eigenvalue weighted by Crippen LogP contribution is -2.14. The number of esters is 1. The Balaban J connectivity index is 1.80. The second-order valence-corrected chi connectivity index (χ2v) is 5.72. The molecule has 1 aliphatic heterocycles. The van der Waals surface area contributed by atoms with Gasteiger partial charge in [0.2, 0.25) is 0 Å². The summed E-state index contributed by atoms with van der Waals surface area (Å²) in [6.45, 7) is 1.80. The standard InChI is InChI=1S/C16H14BrNO2/c1-20-16(19)11-3-6-15(7-4-11)18-9-12-2-5-14(17)8-13(12)10-18/h2-8H,9-10H2,1H3. The van der Waals surface area contributed by atoms with Crippen LogP contribution < -0.4 is 4.90 Å². The van der Waals surface area contributed by atoms with Gasteiger partial charge in [0.1, 0.15) is 0 Å². The molecule has 0 N–H and O–H groups in total. The van der Waals surface area contributed by atoms with E-state index in [9.17, 15) is 4.79 Å².